The maximum atomic E-state index is 12.1. The summed E-state index contributed by atoms with van der Waals surface area (Å²) in [7, 11) is 1.57. The summed E-state index contributed by atoms with van der Waals surface area (Å²) in [6.45, 7) is 1.26. The first-order chi connectivity index (χ1) is 9.78. The summed E-state index contributed by atoms with van der Waals surface area (Å²) in [6.07, 6.45) is 3.59. The highest BCUT2D eigenvalue weighted by Gasteiger charge is 2.14. The number of nitrogens with zero attached hydrogens (tertiary/aromatic N) is 3. The van der Waals surface area contributed by atoms with E-state index < -0.39 is 0 Å². The molecule has 3 heterocycles. The van der Waals surface area contributed by atoms with Crippen LogP contribution in [0.2, 0.25) is 0 Å². The van der Waals surface area contributed by atoms with E-state index in [0.717, 1.165) is 36.3 Å². The minimum atomic E-state index is -0.121. The quantitative estimate of drug-likeness (QED) is 0.904. The van der Waals surface area contributed by atoms with Gasteiger partial charge in [-0.05, 0) is 18.9 Å². The maximum absolute atomic E-state index is 12.1. The van der Waals surface area contributed by atoms with Gasteiger partial charge in [-0.15, -0.1) is 0 Å². The van der Waals surface area contributed by atoms with E-state index in [-0.39, 0.29) is 5.56 Å². The summed E-state index contributed by atoms with van der Waals surface area (Å²) in [5, 5.41) is 7.65. The van der Waals surface area contributed by atoms with Crippen LogP contribution >= 0.6 is 0 Å². The van der Waals surface area contributed by atoms with Gasteiger partial charge >= 0.3 is 0 Å². The fourth-order valence-electron chi connectivity index (χ4n) is 2.35. The second-order valence-corrected chi connectivity index (χ2v) is 4.70. The Morgan fingerprint density at radius 3 is 3.25 bits per heavy atom. The number of ether oxygens (including phenoxy) is 1. The Hall–Kier alpha value is -2.37. The van der Waals surface area contributed by atoms with Crippen molar-refractivity contribution in [1.29, 1.82) is 0 Å². The second kappa shape index (κ2) is 5.32. The average Bonchev–Trinajstić information content (AvgIpc) is 2.48. The number of methoxy groups -OCH3 is 1. The molecule has 0 spiro atoms. The lowest BCUT2D eigenvalue weighted by molar-refractivity contribution is 0.389. The molecule has 0 radical (unpaired) electrons. The van der Waals surface area contributed by atoms with E-state index in [1.165, 1.54) is 4.68 Å². The number of nitrogens with one attached hydrogen (secondary N) is 1. The minimum Gasteiger partial charge on any atom is -0.481 e. The van der Waals surface area contributed by atoms with Crippen molar-refractivity contribution < 1.29 is 4.74 Å². The maximum Gasteiger partial charge on any atom is 0.269 e. The Balaban J connectivity index is 1.96. The molecule has 1 aliphatic heterocycles. The molecule has 2 aromatic heterocycles. The summed E-state index contributed by atoms with van der Waals surface area (Å²) >= 11 is 0. The smallest absolute Gasteiger partial charge is 0.269 e. The molecule has 20 heavy (non-hydrogen) atoms. The first kappa shape index (κ1) is 12.7. The molecule has 6 nitrogen and oxygen atoms in total. The Morgan fingerprint density at radius 1 is 1.50 bits per heavy atom. The van der Waals surface area contributed by atoms with Crippen molar-refractivity contribution >= 4 is 5.69 Å². The number of aryl methyl sites for hydroxylation is 1. The van der Waals surface area contributed by atoms with Crippen LogP contribution in [0.15, 0.2) is 29.2 Å². The van der Waals surface area contributed by atoms with Gasteiger partial charge in [0.25, 0.3) is 5.56 Å². The molecule has 3 rings (SSSR count). The molecule has 0 aliphatic carbocycles. The highest BCUT2D eigenvalue weighted by atomic mass is 16.5. The normalized spacial score (nSPS) is 13.4. The zero-order valence-corrected chi connectivity index (χ0v) is 11.3. The van der Waals surface area contributed by atoms with Gasteiger partial charge in [0.15, 0.2) is 0 Å². The third kappa shape index (κ3) is 2.36. The summed E-state index contributed by atoms with van der Waals surface area (Å²) in [5.74, 6) is 0.525. The van der Waals surface area contributed by atoms with E-state index in [2.05, 4.69) is 15.4 Å². The van der Waals surface area contributed by atoms with Crippen LogP contribution in [0.1, 0.15) is 17.7 Å². The molecule has 2 aromatic rings. The van der Waals surface area contributed by atoms with E-state index in [1.54, 1.807) is 19.4 Å². The molecule has 0 saturated carbocycles. The molecule has 0 aromatic carbocycles. The third-order valence-electron chi connectivity index (χ3n) is 3.34. The van der Waals surface area contributed by atoms with Crippen LogP contribution in [0.5, 0.6) is 5.88 Å². The minimum absolute atomic E-state index is 0.121. The van der Waals surface area contributed by atoms with E-state index in [4.69, 9.17) is 4.74 Å². The fraction of sp³-hybridized carbons (Fsp3) is 0.357. The molecular formula is C14H16N4O2. The standard InChI is InChI=1S/C14H16N4O2/c1-20-14-10(4-2-7-16-14)9-18-13(19)8-12-11(17-18)5-3-6-15-12/h2,4,7-8,15H,3,5-6,9H2,1H3. The highest BCUT2D eigenvalue weighted by molar-refractivity contribution is 5.48. The van der Waals surface area contributed by atoms with Crippen molar-refractivity contribution in [3.63, 3.8) is 0 Å². The van der Waals surface area contributed by atoms with E-state index in [1.807, 2.05) is 12.1 Å². The Labute approximate surface area is 116 Å². The van der Waals surface area contributed by atoms with Crippen LogP contribution in [-0.4, -0.2) is 28.4 Å². The Morgan fingerprint density at radius 2 is 2.40 bits per heavy atom. The van der Waals surface area contributed by atoms with Crippen molar-refractivity contribution in [2.75, 3.05) is 19.0 Å². The van der Waals surface area contributed by atoms with Gasteiger partial charge in [-0.3, -0.25) is 4.79 Å². The topological polar surface area (TPSA) is 69.0 Å². The lowest BCUT2D eigenvalue weighted by atomic mass is 10.1. The summed E-state index contributed by atoms with van der Waals surface area (Å²) in [4.78, 5) is 16.2. The van der Waals surface area contributed by atoms with Crippen LogP contribution in [0.4, 0.5) is 5.69 Å². The van der Waals surface area contributed by atoms with E-state index in [9.17, 15) is 4.79 Å². The van der Waals surface area contributed by atoms with Crippen LogP contribution in [0, 0.1) is 0 Å². The first-order valence-corrected chi connectivity index (χ1v) is 6.61. The molecule has 0 amide bonds. The molecule has 0 unspecified atom stereocenters. The number of pyridine rings is 1. The number of hydrogen-bond donors (Lipinski definition) is 1. The van der Waals surface area contributed by atoms with Gasteiger partial charge in [-0.2, -0.15) is 5.10 Å². The average molecular weight is 272 g/mol. The van der Waals surface area contributed by atoms with Gasteiger partial charge < -0.3 is 10.1 Å². The van der Waals surface area contributed by atoms with Crippen LogP contribution < -0.4 is 15.6 Å². The van der Waals surface area contributed by atoms with Gasteiger partial charge in [0.05, 0.1) is 25.0 Å². The van der Waals surface area contributed by atoms with Gasteiger partial charge in [0.1, 0.15) is 0 Å². The summed E-state index contributed by atoms with van der Waals surface area (Å²) < 4.78 is 6.67. The van der Waals surface area contributed by atoms with Crippen molar-refractivity contribution in [1.82, 2.24) is 14.8 Å². The number of anilines is 1. The van der Waals surface area contributed by atoms with Gasteiger partial charge in [0.2, 0.25) is 5.88 Å². The molecule has 1 N–H and O–H groups in total. The summed E-state index contributed by atoms with van der Waals surface area (Å²) in [5.41, 5.74) is 2.52. The Kier molecular flexibility index (Phi) is 3.37. The molecule has 0 atom stereocenters. The number of rotatable bonds is 3. The number of hydrogen-bond acceptors (Lipinski definition) is 5. The second-order valence-electron chi connectivity index (χ2n) is 4.70. The van der Waals surface area contributed by atoms with Crippen LogP contribution in [0.25, 0.3) is 0 Å². The van der Waals surface area contributed by atoms with Crippen LogP contribution in [0.3, 0.4) is 0 Å². The van der Waals surface area contributed by atoms with Crippen molar-refractivity contribution in [3.05, 3.63) is 46.0 Å². The molecular weight excluding hydrogens is 256 g/mol. The van der Waals surface area contributed by atoms with Gasteiger partial charge in [-0.1, -0.05) is 6.07 Å². The van der Waals surface area contributed by atoms with Crippen molar-refractivity contribution in [2.45, 2.75) is 19.4 Å². The first-order valence-electron chi connectivity index (χ1n) is 6.61. The van der Waals surface area contributed by atoms with E-state index in [0.29, 0.717) is 12.4 Å². The molecule has 0 fully saturated rings. The van der Waals surface area contributed by atoms with Gasteiger partial charge in [-0.25, -0.2) is 9.67 Å². The monoisotopic (exact) mass is 272 g/mol. The van der Waals surface area contributed by atoms with Crippen molar-refractivity contribution in [3.8, 4) is 5.88 Å². The Bertz CT molecular complexity index is 681. The zero-order chi connectivity index (χ0) is 13.9. The summed E-state index contributed by atoms with van der Waals surface area (Å²) in [6, 6.07) is 5.32. The van der Waals surface area contributed by atoms with Crippen LogP contribution in [-0.2, 0) is 13.0 Å². The largest absolute Gasteiger partial charge is 0.481 e. The molecule has 0 bridgehead atoms. The molecule has 6 heteroatoms. The lowest BCUT2D eigenvalue weighted by Crippen LogP contribution is -2.27. The third-order valence-corrected chi connectivity index (χ3v) is 3.34. The van der Waals surface area contributed by atoms with E-state index >= 15 is 0 Å². The predicted octanol–water partition coefficient (Wildman–Crippen LogP) is 1.05. The molecule has 0 saturated heterocycles. The number of aromatic nitrogens is 3. The van der Waals surface area contributed by atoms with Crippen molar-refractivity contribution in [2.24, 2.45) is 0 Å². The van der Waals surface area contributed by atoms with Gasteiger partial charge in [0, 0.05) is 24.4 Å². The predicted molar refractivity (Wildman–Crippen MR) is 75.2 cm³/mol. The zero-order valence-electron chi connectivity index (χ0n) is 11.3. The lowest BCUT2D eigenvalue weighted by Gasteiger charge is -2.18. The number of fused-ring (bicyclic) bond motifs is 1. The highest BCUT2D eigenvalue weighted by Crippen LogP contribution is 2.18. The molecule has 104 valence electrons. The SMILES string of the molecule is COc1ncccc1Cn1nc2c(cc1=O)NCCC2. The fourth-order valence-corrected chi connectivity index (χ4v) is 2.35. The molecule has 1 aliphatic rings.